The highest BCUT2D eigenvalue weighted by Gasteiger charge is 2.46. The first kappa shape index (κ1) is 16.9. The van der Waals surface area contributed by atoms with Gasteiger partial charge in [0.1, 0.15) is 5.60 Å². The van der Waals surface area contributed by atoms with Gasteiger partial charge in [0.05, 0.1) is 4.90 Å². The second-order valence-corrected chi connectivity index (χ2v) is 8.95. The molecule has 1 aromatic heterocycles. The van der Waals surface area contributed by atoms with Gasteiger partial charge in [-0.05, 0) is 54.8 Å². The molecule has 1 atom stereocenters. The quantitative estimate of drug-likeness (QED) is 0.818. The molecule has 23 heavy (non-hydrogen) atoms. The third-order valence-electron chi connectivity index (χ3n) is 4.24. The molecule has 0 bridgehead atoms. The van der Waals surface area contributed by atoms with Crippen molar-refractivity contribution in [2.45, 2.75) is 30.3 Å². The molecule has 0 spiro atoms. The molecule has 3 rings (SSSR count). The predicted molar refractivity (Wildman–Crippen MR) is 92.3 cm³/mol. The smallest absolute Gasteiger partial charge is 0.240 e. The molecule has 7 heteroatoms. The highest BCUT2D eigenvalue weighted by atomic mass is 35.5. The molecule has 1 fully saturated rings. The van der Waals surface area contributed by atoms with E-state index < -0.39 is 15.6 Å². The van der Waals surface area contributed by atoms with Gasteiger partial charge in [-0.15, -0.1) is 11.3 Å². The van der Waals surface area contributed by atoms with Gasteiger partial charge < -0.3 is 5.11 Å². The molecule has 1 aromatic carbocycles. The summed E-state index contributed by atoms with van der Waals surface area (Å²) in [4.78, 5) is 0.944. The molecule has 4 nitrogen and oxygen atoms in total. The summed E-state index contributed by atoms with van der Waals surface area (Å²) in [7, 11) is -3.73. The Morgan fingerprint density at radius 2 is 2.09 bits per heavy atom. The van der Waals surface area contributed by atoms with Crippen LogP contribution in [-0.4, -0.2) is 20.1 Å². The minimum absolute atomic E-state index is 0.0353. The maximum atomic E-state index is 12.6. The van der Waals surface area contributed by atoms with E-state index >= 15 is 0 Å². The van der Waals surface area contributed by atoms with Crippen molar-refractivity contribution >= 4 is 33.0 Å². The fourth-order valence-electron chi connectivity index (χ4n) is 2.68. The molecule has 1 saturated carbocycles. The van der Waals surface area contributed by atoms with Gasteiger partial charge in [-0.25, -0.2) is 13.1 Å². The summed E-state index contributed by atoms with van der Waals surface area (Å²) in [5.74, 6) is 0.101. The molecule has 1 aliphatic rings. The molecule has 0 aliphatic heterocycles. The van der Waals surface area contributed by atoms with E-state index in [0.717, 1.165) is 17.7 Å². The predicted octanol–water partition coefficient (Wildman–Crippen LogP) is 3.29. The van der Waals surface area contributed by atoms with Crippen molar-refractivity contribution in [2.75, 3.05) is 6.54 Å². The molecular weight excluding hydrogens is 354 g/mol. The summed E-state index contributed by atoms with van der Waals surface area (Å²) >= 11 is 7.46. The van der Waals surface area contributed by atoms with Gasteiger partial charge in [0.25, 0.3) is 0 Å². The first-order valence-corrected chi connectivity index (χ1v) is 10.1. The van der Waals surface area contributed by atoms with E-state index in [9.17, 15) is 13.5 Å². The Hall–Kier alpha value is -0.920. The Morgan fingerprint density at radius 1 is 1.35 bits per heavy atom. The summed E-state index contributed by atoms with van der Waals surface area (Å²) in [5.41, 5.74) is -0.638. The maximum absolute atomic E-state index is 12.6. The van der Waals surface area contributed by atoms with Gasteiger partial charge in [0.2, 0.25) is 10.0 Å². The first-order chi connectivity index (χ1) is 10.8. The Bertz CT molecular complexity index is 801. The Balaban J connectivity index is 1.85. The van der Waals surface area contributed by atoms with Crippen LogP contribution in [0.15, 0.2) is 40.6 Å². The van der Waals surface area contributed by atoms with E-state index in [2.05, 4.69) is 4.72 Å². The van der Waals surface area contributed by atoms with Crippen LogP contribution >= 0.6 is 22.9 Å². The van der Waals surface area contributed by atoms with Crippen LogP contribution in [0.4, 0.5) is 0 Å². The van der Waals surface area contributed by atoms with Crippen molar-refractivity contribution in [3.05, 3.63) is 51.2 Å². The molecule has 2 N–H and O–H groups in total. The lowest BCUT2D eigenvalue weighted by Gasteiger charge is -2.27. The monoisotopic (exact) mass is 371 g/mol. The molecule has 1 aliphatic carbocycles. The fraction of sp³-hybridized carbons (Fsp3) is 0.375. The van der Waals surface area contributed by atoms with Crippen molar-refractivity contribution in [1.29, 1.82) is 0 Å². The Labute approximate surface area is 145 Å². The van der Waals surface area contributed by atoms with Crippen LogP contribution in [0.5, 0.6) is 0 Å². The lowest BCUT2D eigenvalue weighted by molar-refractivity contribution is 0.0222. The Morgan fingerprint density at radius 3 is 2.70 bits per heavy atom. The highest BCUT2D eigenvalue weighted by Crippen LogP contribution is 2.46. The minimum atomic E-state index is -3.73. The van der Waals surface area contributed by atoms with E-state index in [4.69, 9.17) is 11.6 Å². The van der Waals surface area contributed by atoms with Crippen molar-refractivity contribution in [3.63, 3.8) is 0 Å². The van der Waals surface area contributed by atoms with Crippen LogP contribution in [0.25, 0.3) is 0 Å². The fourth-order valence-corrected chi connectivity index (χ4v) is 5.15. The van der Waals surface area contributed by atoms with Crippen LogP contribution in [0, 0.1) is 12.8 Å². The average Bonchev–Trinajstić information content (AvgIpc) is 3.23. The molecular formula is C16H18ClNO3S2. The number of aliphatic hydroxyl groups is 1. The van der Waals surface area contributed by atoms with Crippen LogP contribution in [-0.2, 0) is 15.6 Å². The van der Waals surface area contributed by atoms with E-state index in [1.54, 1.807) is 19.1 Å². The summed E-state index contributed by atoms with van der Waals surface area (Å²) in [6, 6.07) is 8.49. The van der Waals surface area contributed by atoms with Gasteiger partial charge in [-0.2, -0.15) is 0 Å². The van der Waals surface area contributed by atoms with E-state index in [-0.39, 0.29) is 17.4 Å². The summed E-state index contributed by atoms with van der Waals surface area (Å²) < 4.78 is 27.7. The SMILES string of the molecule is Cc1c(Cl)cccc1S(=O)(=O)NC[C@](O)(c1cccs1)C1CC1. The van der Waals surface area contributed by atoms with Crippen molar-refractivity contribution in [3.8, 4) is 0 Å². The van der Waals surface area contributed by atoms with Crippen LogP contribution in [0.1, 0.15) is 23.3 Å². The second-order valence-electron chi connectivity index (χ2n) is 5.86. The molecule has 124 valence electrons. The third-order valence-corrected chi connectivity index (χ3v) is 7.23. The lowest BCUT2D eigenvalue weighted by Crippen LogP contribution is -2.42. The first-order valence-electron chi connectivity index (χ1n) is 7.36. The highest BCUT2D eigenvalue weighted by molar-refractivity contribution is 7.89. The standard InChI is InChI=1S/C16H18ClNO3S2/c1-11-13(17)4-2-5-14(11)23(20,21)18-10-16(19,12-7-8-12)15-6-3-9-22-15/h2-6,9,12,18-19H,7-8,10H2,1H3/t16-/m1/s1. The zero-order valence-electron chi connectivity index (χ0n) is 12.6. The number of halogens is 1. The lowest BCUT2D eigenvalue weighted by atomic mass is 9.96. The van der Waals surface area contributed by atoms with Crippen LogP contribution < -0.4 is 4.72 Å². The number of hydrogen-bond acceptors (Lipinski definition) is 4. The summed E-state index contributed by atoms with van der Waals surface area (Å²) in [6.45, 7) is 1.63. The number of rotatable bonds is 6. The zero-order chi connectivity index (χ0) is 16.7. The van der Waals surface area contributed by atoms with Crippen molar-refractivity contribution < 1.29 is 13.5 Å². The van der Waals surface area contributed by atoms with Crippen molar-refractivity contribution in [1.82, 2.24) is 4.72 Å². The van der Waals surface area contributed by atoms with Crippen LogP contribution in [0.2, 0.25) is 5.02 Å². The maximum Gasteiger partial charge on any atom is 0.240 e. The summed E-state index contributed by atoms with van der Waals surface area (Å²) in [5, 5.41) is 13.3. The third kappa shape index (κ3) is 3.32. The number of sulfonamides is 1. The molecule has 0 amide bonds. The number of thiophene rings is 1. The molecule has 1 heterocycles. The number of hydrogen-bond donors (Lipinski definition) is 2. The zero-order valence-corrected chi connectivity index (χ0v) is 15.0. The normalized spacial score (nSPS) is 17.9. The van der Waals surface area contributed by atoms with E-state index in [1.807, 2.05) is 17.5 Å². The topological polar surface area (TPSA) is 66.4 Å². The number of nitrogens with one attached hydrogen (secondary N) is 1. The van der Waals surface area contributed by atoms with Crippen molar-refractivity contribution in [2.24, 2.45) is 5.92 Å². The van der Waals surface area contributed by atoms with E-state index in [0.29, 0.717) is 10.6 Å². The van der Waals surface area contributed by atoms with Gasteiger partial charge in [0, 0.05) is 16.4 Å². The van der Waals surface area contributed by atoms with Gasteiger partial charge in [0.15, 0.2) is 0 Å². The number of benzene rings is 1. The van der Waals surface area contributed by atoms with Gasteiger partial charge in [-0.3, -0.25) is 0 Å². The van der Waals surface area contributed by atoms with Crippen LogP contribution in [0.3, 0.4) is 0 Å². The largest absolute Gasteiger partial charge is 0.383 e. The Kier molecular flexibility index (Phi) is 4.55. The van der Waals surface area contributed by atoms with E-state index in [1.165, 1.54) is 17.4 Å². The molecule has 2 aromatic rings. The minimum Gasteiger partial charge on any atom is -0.383 e. The van der Waals surface area contributed by atoms with Gasteiger partial charge >= 0.3 is 0 Å². The van der Waals surface area contributed by atoms with Gasteiger partial charge in [-0.1, -0.05) is 23.7 Å². The molecule has 0 unspecified atom stereocenters. The molecule has 0 radical (unpaired) electrons. The second kappa shape index (κ2) is 6.18. The average molecular weight is 372 g/mol. The molecule has 0 saturated heterocycles. The summed E-state index contributed by atoms with van der Waals surface area (Å²) in [6.07, 6.45) is 1.82.